The number of rotatable bonds is 7. The minimum absolute atomic E-state index is 0.00183. The molecule has 1 amide bonds. The Morgan fingerprint density at radius 3 is 2.59 bits per heavy atom. The lowest BCUT2D eigenvalue weighted by Crippen LogP contribution is -2.23. The maximum atomic E-state index is 12.9. The number of fused-ring (bicyclic) bond motifs is 1. The van der Waals surface area contributed by atoms with E-state index in [4.69, 9.17) is 9.88 Å². The number of nitrogens with zero attached hydrogens (tertiary/aromatic N) is 1. The molecular weight excluding hydrogens is 428 g/mol. The zero-order chi connectivity index (χ0) is 22.7. The van der Waals surface area contributed by atoms with Crippen molar-refractivity contribution in [1.82, 2.24) is 10.2 Å². The number of hydrogen-bond donors (Lipinski definition) is 3. The number of aromatic amines is 1. The molecule has 4 rings (SSSR count). The number of ether oxygens (including phenoxy) is 1. The predicted octanol–water partition coefficient (Wildman–Crippen LogP) is 3.59. The van der Waals surface area contributed by atoms with Gasteiger partial charge in [-0.2, -0.15) is 5.10 Å². The molecule has 0 aliphatic carbocycles. The van der Waals surface area contributed by atoms with Crippen molar-refractivity contribution < 1.29 is 17.9 Å². The normalized spacial score (nSPS) is 12.6. The Morgan fingerprint density at radius 2 is 1.88 bits per heavy atom. The van der Waals surface area contributed by atoms with Gasteiger partial charge in [0.15, 0.2) is 6.10 Å². The molecule has 9 heteroatoms. The van der Waals surface area contributed by atoms with Gasteiger partial charge in [0.2, 0.25) is 10.0 Å². The number of nitrogens with two attached hydrogens (primary N) is 1. The summed E-state index contributed by atoms with van der Waals surface area (Å²) in [6.45, 7) is 2.22. The number of benzene rings is 3. The van der Waals surface area contributed by atoms with Crippen molar-refractivity contribution in [3.8, 4) is 11.3 Å². The van der Waals surface area contributed by atoms with Crippen LogP contribution in [0.15, 0.2) is 77.7 Å². The Hall–Kier alpha value is -3.53. The standard InChI is InChI=1S/C23H22N4O4S/c1-2-31-22(15-7-4-3-5-8-15)23(28)25-17-11-12-20-19(14-17)21(27-26-20)16-9-6-10-18(13-16)32(24,29)30/h3-14,22H,2H2,1H3,(H,25,28)(H,26,27)(H2,24,29,30). The van der Waals surface area contributed by atoms with Gasteiger partial charge in [0.1, 0.15) is 5.69 Å². The molecule has 1 unspecified atom stereocenters. The van der Waals surface area contributed by atoms with Gasteiger partial charge in [0.25, 0.3) is 5.91 Å². The maximum absolute atomic E-state index is 12.9. The Labute approximate surface area is 185 Å². The minimum atomic E-state index is -3.84. The van der Waals surface area contributed by atoms with Crippen LogP contribution in [-0.4, -0.2) is 31.1 Å². The van der Waals surface area contributed by atoms with Crippen LogP contribution in [0.25, 0.3) is 22.2 Å². The lowest BCUT2D eigenvalue weighted by Gasteiger charge is -2.17. The number of nitrogens with one attached hydrogen (secondary N) is 2. The number of anilines is 1. The van der Waals surface area contributed by atoms with E-state index >= 15 is 0 Å². The third kappa shape index (κ3) is 4.54. The van der Waals surface area contributed by atoms with Crippen LogP contribution in [0.5, 0.6) is 0 Å². The van der Waals surface area contributed by atoms with Gasteiger partial charge in [-0.1, -0.05) is 42.5 Å². The molecule has 32 heavy (non-hydrogen) atoms. The Kier molecular flexibility index (Phi) is 6.04. The summed E-state index contributed by atoms with van der Waals surface area (Å²) in [6, 6.07) is 20.9. The number of sulfonamides is 1. The molecule has 0 fully saturated rings. The van der Waals surface area contributed by atoms with Gasteiger partial charge in [-0.3, -0.25) is 9.89 Å². The van der Waals surface area contributed by atoms with Crippen LogP contribution in [0.2, 0.25) is 0 Å². The van der Waals surface area contributed by atoms with Crippen molar-refractivity contribution in [3.63, 3.8) is 0 Å². The van der Waals surface area contributed by atoms with E-state index < -0.39 is 16.1 Å². The zero-order valence-corrected chi connectivity index (χ0v) is 18.1. The largest absolute Gasteiger partial charge is 0.364 e. The summed E-state index contributed by atoms with van der Waals surface area (Å²) in [6.07, 6.45) is -0.743. The quantitative estimate of drug-likeness (QED) is 0.396. The number of carbonyl (C=O) groups is 1. The molecule has 4 N–H and O–H groups in total. The van der Waals surface area contributed by atoms with Gasteiger partial charge in [0.05, 0.1) is 10.4 Å². The monoisotopic (exact) mass is 450 g/mol. The summed E-state index contributed by atoms with van der Waals surface area (Å²) in [5, 5.41) is 16.1. The number of hydrogen-bond acceptors (Lipinski definition) is 5. The molecule has 164 valence electrons. The van der Waals surface area contributed by atoms with Crippen molar-refractivity contribution >= 4 is 32.5 Å². The fraction of sp³-hybridized carbons (Fsp3) is 0.130. The highest BCUT2D eigenvalue weighted by Gasteiger charge is 2.21. The van der Waals surface area contributed by atoms with Crippen LogP contribution in [0.4, 0.5) is 5.69 Å². The molecule has 0 saturated carbocycles. The third-order valence-corrected chi connectivity index (χ3v) is 5.85. The highest BCUT2D eigenvalue weighted by atomic mass is 32.2. The van der Waals surface area contributed by atoms with E-state index in [9.17, 15) is 13.2 Å². The van der Waals surface area contributed by atoms with Crippen LogP contribution < -0.4 is 10.5 Å². The molecule has 8 nitrogen and oxygen atoms in total. The van der Waals surface area contributed by atoms with Gasteiger partial charge in [-0.25, -0.2) is 13.6 Å². The predicted molar refractivity (Wildman–Crippen MR) is 122 cm³/mol. The molecule has 0 spiro atoms. The first kappa shape index (κ1) is 21.7. The molecule has 1 heterocycles. The first-order valence-electron chi connectivity index (χ1n) is 9.95. The SMILES string of the molecule is CCOC(C(=O)Nc1ccc2[nH]nc(-c3cccc(S(N)(=O)=O)c3)c2c1)c1ccccc1. The zero-order valence-electron chi connectivity index (χ0n) is 17.3. The number of aromatic nitrogens is 2. The third-order valence-electron chi connectivity index (χ3n) is 4.94. The smallest absolute Gasteiger partial charge is 0.258 e. The molecule has 1 aromatic heterocycles. The van der Waals surface area contributed by atoms with Crippen molar-refractivity contribution in [1.29, 1.82) is 0 Å². The Balaban J connectivity index is 1.66. The van der Waals surface area contributed by atoms with Crippen LogP contribution >= 0.6 is 0 Å². The summed E-state index contributed by atoms with van der Waals surface area (Å²) in [7, 11) is -3.84. The lowest BCUT2D eigenvalue weighted by molar-refractivity contribution is -0.127. The second kappa shape index (κ2) is 8.91. The summed E-state index contributed by atoms with van der Waals surface area (Å²) in [5.74, 6) is -0.293. The van der Waals surface area contributed by atoms with E-state index in [2.05, 4.69) is 15.5 Å². The second-order valence-electron chi connectivity index (χ2n) is 7.14. The van der Waals surface area contributed by atoms with Crippen molar-refractivity contribution in [2.45, 2.75) is 17.9 Å². The van der Waals surface area contributed by atoms with Gasteiger partial charge < -0.3 is 10.1 Å². The summed E-state index contributed by atoms with van der Waals surface area (Å²) in [5.41, 5.74) is 3.20. The van der Waals surface area contributed by atoms with Crippen molar-refractivity contribution in [3.05, 3.63) is 78.4 Å². The summed E-state index contributed by atoms with van der Waals surface area (Å²) < 4.78 is 29.1. The molecule has 0 radical (unpaired) electrons. The van der Waals surface area contributed by atoms with Gasteiger partial charge in [0, 0.05) is 23.2 Å². The molecule has 0 saturated heterocycles. The first-order valence-corrected chi connectivity index (χ1v) is 11.5. The lowest BCUT2D eigenvalue weighted by atomic mass is 10.1. The topological polar surface area (TPSA) is 127 Å². The van der Waals surface area contributed by atoms with E-state index in [1.165, 1.54) is 12.1 Å². The molecular formula is C23H22N4O4S. The average Bonchev–Trinajstić information content (AvgIpc) is 3.21. The maximum Gasteiger partial charge on any atom is 0.258 e. The number of amides is 1. The molecule has 3 aromatic carbocycles. The molecule has 0 aliphatic heterocycles. The highest BCUT2D eigenvalue weighted by Crippen LogP contribution is 2.30. The molecule has 0 aliphatic rings. The van der Waals surface area contributed by atoms with E-state index in [1.54, 1.807) is 30.3 Å². The van der Waals surface area contributed by atoms with E-state index in [1.807, 2.05) is 37.3 Å². The van der Waals surface area contributed by atoms with Crippen LogP contribution in [0.1, 0.15) is 18.6 Å². The van der Waals surface area contributed by atoms with Crippen LogP contribution in [0, 0.1) is 0 Å². The molecule has 4 aromatic rings. The van der Waals surface area contributed by atoms with E-state index in [-0.39, 0.29) is 10.8 Å². The van der Waals surface area contributed by atoms with E-state index in [0.29, 0.717) is 23.6 Å². The highest BCUT2D eigenvalue weighted by molar-refractivity contribution is 7.89. The van der Waals surface area contributed by atoms with Gasteiger partial charge >= 0.3 is 0 Å². The first-order chi connectivity index (χ1) is 15.4. The summed E-state index contributed by atoms with van der Waals surface area (Å²) >= 11 is 0. The number of carbonyl (C=O) groups excluding carboxylic acids is 1. The number of H-pyrrole nitrogens is 1. The van der Waals surface area contributed by atoms with Crippen molar-refractivity contribution in [2.75, 3.05) is 11.9 Å². The fourth-order valence-corrected chi connectivity index (χ4v) is 4.02. The van der Waals surface area contributed by atoms with Gasteiger partial charge in [-0.15, -0.1) is 0 Å². The fourth-order valence-electron chi connectivity index (χ4n) is 3.46. The Morgan fingerprint density at radius 1 is 1.09 bits per heavy atom. The molecule has 0 bridgehead atoms. The van der Waals surface area contributed by atoms with Crippen LogP contribution in [-0.2, 0) is 19.6 Å². The molecule has 1 atom stereocenters. The Bertz CT molecular complexity index is 1370. The van der Waals surface area contributed by atoms with E-state index in [0.717, 1.165) is 16.5 Å². The summed E-state index contributed by atoms with van der Waals surface area (Å²) in [4.78, 5) is 12.9. The minimum Gasteiger partial charge on any atom is -0.364 e. The number of primary sulfonamides is 1. The second-order valence-corrected chi connectivity index (χ2v) is 8.70. The van der Waals surface area contributed by atoms with Crippen LogP contribution in [0.3, 0.4) is 0 Å². The van der Waals surface area contributed by atoms with Gasteiger partial charge in [-0.05, 0) is 42.8 Å². The average molecular weight is 451 g/mol. The van der Waals surface area contributed by atoms with Crippen molar-refractivity contribution in [2.24, 2.45) is 5.14 Å².